The molecule has 1 fully saturated rings. The Morgan fingerprint density at radius 1 is 1.20 bits per heavy atom. The molecule has 2 aromatic rings. The van der Waals surface area contributed by atoms with Crippen molar-refractivity contribution in [2.45, 2.75) is 38.8 Å². The van der Waals surface area contributed by atoms with Gasteiger partial charge in [-0.3, -0.25) is 14.6 Å². The molecule has 8 heteroatoms. The fraction of sp³-hybridized carbons (Fsp3) is 0.409. The number of nitrogens with two attached hydrogens (primary N) is 1. The van der Waals surface area contributed by atoms with Crippen LogP contribution in [-0.4, -0.2) is 46.9 Å². The Kier molecular flexibility index (Phi) is 9.75. The third kappa shape index (κ3) is 6.42. The summed E-state index contributed by atoms with van der Waals surface area (Å²) in [6, 6.07) is 12.6. The molecule has 2 amide bonds. The van der Waals surface area contributed by atoms with Crippen LogP contribution in [0.2, 0.25) is 0 Å². The molecule has 0 bridgehead atoms. The molecular weight excluding hydrogens is 423 g/mol. The van der Waals surface area contributed by atoms with Gasteiger partial charge in [-0.2, -0.15) is 0 Å². The van der Waals surface area contributed by atoms with Crippen molar-refractivity contribution < 1.29 is 9.59 Å². The van der Waals surface area contributed by atoms with Crippen LogP contribution in [0.5, 0.6) is 0 Å². The number of piperidine rings is 1. The predicted octanol–water partition coefficient (Wildman–Crippen LogP) is 2.85. The molecule has 2 heterocycles. The number of benzene rings is 1. The minimum atomic E-state index is -0.639. The van der Waals surface area contributed by atoms with Crippen molar-refractivity contribution in [2.24, 2.45) is 11.1 Å². The number of hydrogen-bond donors (Lipinski definition) is 2. The van der Waals surface area contributed by atoms with Gasteiger partial charge in [-0.25, -0.2) is 0 Å². The summed E-state index contributed by atoms with van der Waals surface area (Å²) in [5.41, 5.74) is 7.50. The first-order chi connectivity index (χ1) is 13.4. The number of hydrogen-bond acceptors (Lipinski definition) is 4. The van der Waals surface area contributed by atoms with Crippen molar-refractivity contribution in [1.82, 2.24) is 15.2 Å². The number of pyridine rings is 1. The summed E-state index contributed by atoms with van der Waals surface area (Å²) in [5, 5.41) is 2.92. The number of carbonyl (C=O) groups excluding carboxylic acids is 2. The number of likely N-dealkylation sites (tertiary alicyclic amines) is 1. The monoisotopic (exact) mass is 452 g/mol. The van der Waals surface area contributed by atoms with E-state index in [9.17, 15) is 9.59 Å². The Labute approximate surface area is 190 Å². The highest BCUT2D eigenvalue weighted by molar-refractivity contribution is 5.97. The van der Waals surface area contributed by atoms with Crippen LogP contribution >= 0.6 is 24.8 Å². The van der Waals surface area contributed by atoms with Gasteiger partial charge in [-0.15, -0.1) is 24.8 Å². The number of nitrogens with one attached hydrogen (secondary N) is 1. The predicted molar refractivity (Wildman–Crippen MR) is 123 cm³/mol. The zero-order valence-electron chi connectivity index (χ0n) is 17.3. The Balaban J connectivity index is 0.00000225. The van der Waals surface area contributed by atoms with Crippen LogP contribution < -0.4 is 11.1 Å². The van der Waals surface area contributed by atoms with Crippen LogP contribution in [0.4, 0.5) is 0 Å². The maximum Gasteiger partial charge on any atom is 0.253 e. The fourth-order valence-electron chi connectivity index (χ4n) is 3.57. The molecule has 164 valence electrons. The third-order valence-corrected chi connectivity index (χ3v) is 5.43. The standard InChI is InChI=1S/C22H28N4O2.2ClH/c1-22(2)15-26(12-10-19(22)23)21(28)18(13-16-7-4-3-5-8-16)25-20(27)17-9-6-11-24-14-17;;/h3-9,11,14,18-19H,10,12-13,15,23H2,1-2H3,(H,25,27);2*1H. The van der Waals surface area contributed by atoms with E-state index in [1.807, 2.05) is 35.2 Å². The Morgan fingerprint density at radius 2 is 1.90 bits per heavy atom. The summed E-state index contributed by atoms with van der Waals surface area (Å²) in [6.07, 6.45) is 4.31. The van der Waals surface area contributed by atoms with E-state index in [0.717, 1.165) is 12.0 Å². The lowest BCUT2D eigenvalue weighted by atomic mass is 9.79. The van der Waals surface area contributed by atoms with Crippen LogP contribution in [0, 0.1) is 5.41 Å². The van der Waals surface area contributed by atoms with Crippen LogP contribution in [0.25, 0.3) is 0 Å². The molecule has 0 spiro atoms. The topological polar surface area (TPSA) is 88.3 Å². The summed E-state index contributed by atoms with van der Waals surface area (Å²) >= 11 is 0. The molecule has 1 aromatic heterocycles. The molecule has 6 nitrogen and oxygen atoms in total. The van der Waals surface area contributed by atoms with Gasteiger partial charge in [-0.05, 0) is 29.5 Å². The Hall–Kier alpha value is -2.15. The Morgan fingerprint density at radius 3 is 2.50 bits per heavy atom. The number of nitrogens with zero attached hydrogens (tertiary/aromatic N) is 2. The van der Waals surface area contributed by atoms with E-state index in [1.165, 1.54) is 6.20 Å². The maximum absolute atomic E-state index is 13.3. The average molecular weight is 453 g/mol. The highest BCUT2D eigenvalue weighted by Crippen LogP contribution is 2.28. The first kappa shape index (κ1) is 25.9. The molecule has 0 saturated carbocycles. The molecule has 2 atom stereocenters. The fourth-order valence-corrected chi connectivity index (χ4v) is 3.57. The van der Waals surface area contributed by atoms with Crippen LogP contribution in [0.15, 0.2) is 54.9 Å². The second-order valence-electron chi connectivity index (χ2n) is 8.10. The van der Waals surface area contributed by atoms with Gasteiger partial charge in [0.1, 0.15) is 6.04 Å². The van der Waals surface area contributed by atoms with E-state index < -0.39 is 6.04 Å². The summed E-state index contributed by atoms with van der Waals surface area (Å²) in [4.78, 5) is 31.8. The summed E-state index contributed by atoms with van der Waals surface area (Å²) in [7, 11) is 0. The highest BCUT2D eigenvalue weighted by Gasteiger charge is 2.37. The zero-order valence-corrected chi connectivity index (χ0v) is 18.9. The van der Waals surface area contributed by atoms with Crippen molar-refractivity contribution in [3.63, 3.8) is 0 Å². The van der Waals surface area contributed by atoms with Crippen LogP contribution in [0.3, 0.4) is 0 Å². The lowest BCUT2D eigenvalue weighted by Crippen LogP contribution is -2.58. The highest BCUT2D eigenvalue weighted by atomic mass is 35.5. The van der Waals surface area contributed by atoms with E-state index in [2.05, 4.69) is 24.1 Å². The second kappa shape index (κ2) is 11.3. The second-order valence-corrected chi connectivity index (χ2v) is 8.10. The molecular formula is C22H30Cl2N4O2. The van der Waals surface area contributed by atoms with Crippen molar-refractivity contribution in [1.29, 1.82) is 0 Å². The van der Waals surface area contributed by atoms with Gasteiger partial charge in [0.2, 0.25) is 5.91 Å². The van der Waals surface area contributed by atoms with E-state index in [1.54, 1.807) is 18.3 Å². The van der Waals surface area contributed by atoms with Crippen molar-refractivity contribution in [3.05, 3.63) is 66.0 Å². The third-order valence-electron chi connectivity index (χ3n) is 5.43. The molecule has 1 saturated heterocycles. The van der Waals surface area contributed by atoms with Crippen LogP contribution in [0.1, 0.15) is 36.2 Å². The van der Waals surface area contributed by atoms with Gasteiger partial charge in [0.15, 0.2) is 0 Å². The average Bonchev–Trinajstić information content (AvgIpc) is 2.70. The van der Waals surface area contributed by atoms with E-state index >= 15 is 0 Å². The number of amides is 2. The van der Waals surface area contributed by atoms with Crippen LogP contribution in [-0.2, 0) is 11.2 Å². The lowest BCUT2D eigenvalue weighted by Gasteiger charge is -2.43. The SMILES string of the molecule is CC1(C)CN(C(=O)C(Cc2ccccc2)NC(=O)c2cccnc2)CCC1N.Cl.Cl. The molecule has 0 radical (unpaired) electrons. The lowest BCUT2D eigenvalue weighted by molar-refractivity contribution is -0.136. The first-order valence-electron chi connectivity index (χ1n) is 9.66. The number of rotatable bonds is 5. The normalized spacial score (nSPS) is 18.4. The molecule has 2 unspecified atom stereocenters. The summed E-state index contributed by atoms with van der Waals surface area (Å²) in [5.74, 6) is -0.364. The van der Waals surface area contributed by atoms with E-state index in [-0.39, 0.29) is 48.1 Å². The van der Waals surface area contributed by atoms with Gasteiger partial charge in [0.05, 0.1) is 5.56 Å². The van der Waals surface area contributed by atoms with Gasteiger partial charge in [0.25, 0.3) is 5.91 Å². The molecule has 1 aromatic carbocycles. The molecule has 1 aliphatic rings. The van der Waals surface area contributed by atoms with Crippen molar-refractivity contribution in [3.8, 4) is 0 Å². The largest absolute Gasteiger partial charge is 0.340 e. The maximum atomic E-state index is 13.3. The van der Waals surface area contributed by atoms with E-state index in [4.69, 9.17) is 5.73 Å². The van der Waals surface area contributed by atoms with Gasteiger partial charge < -0.3 is 16.0 Å². The van der Waals surface area contributed by atoms with Gasteiger partial charge in [0, 0.05) is 37.9 Å². The molecule has 1 aliphatic heterocycles. The van der Waals surface area contributed by atoms with E-state index in [0.29, 0.717) is 25.1 Å². The minimum absolute atomic E-state index is 0. The minimum Gasteiger partial charge on any atom is -0.340 e. The molecule has 0 aliphatic carbocycles. The summed E-state index contributed by atoms with van der Waals surface area (Å²) in [6.45, 7) is 5.35. The zero-order chi connectivity index (χ0) is 20.1. The van der Waals surface area contributed by atoms with Crippen molar-refractivity contribution in [2.75, 3.05) is 13.1 Å². The number of carbonyl (C=O) groups is 2. The Bertz CT molecular complexity index is 818. The molecule has 30 heavy (non-hydrogen) atoms. The first-order valence-corrected chi connectivity index (χ1v) is 9.66. The number of halogens is 2. The summed E-state index contributed by atoms with van der Waals surface area (Å²) < 4.78 is 0. The molecule has 3 rings (SSSR count). The number of aromatic nitrogens is 1. The van der Waals surface area contributed by atoms with Gasteiger partial charge in [-0.1, -0.05) is 44.2 Å². The molecule has 3 N–H and O–H groups in total. The smallest absolute Gasteiger partial charge is 0.253 e. The quantitative estimate of drug-likeness (QED) is 0.729. The van der Waals surface area contributed by atoms with Crippen molar-refractivity contribution >= 4 is 36.6 Å². The van der Waals surface area contributed by atoms with Gasteiger partial charge >= 0.3 is 0 Å².